The molecule has 136 valence electrons. The molecular formula is C18H31N3O3. The third kappa shape index (κ3) is 2.77. The number of ether oxygens (including phenoxy) is 1. The fourth-order valence-electron chi connectivity index (χ4n) is 4.78. The van der Waals surface area contributed by atoms with Crippen molar-refractivity contribution in [1.82, 2.24) is 15.1 Å². The van der Waals surface area contributed by atoms with Gasteiger partial charge in [0.2, 0.25) is 5.91 Å². The number of likely N-dealkylation sites (tertiary alicyclic amines) is 1. The summed E-state index contributed by atoms with van der Waals surface area (Å²) < 4.78 is 5.96. The standard InChI is InChI=1S/C18H31N3O3/c1-13-16(23)21-14(11-24-17(21,2)12-19-13)4-3-8-20-9-7-18(5-6-18)15(22)10-20/h13-15,19,22H,3-12H2,1-2H3/t13-,14-,15?,17?/m0/s1. The monoisotopic (exact) mass is 337 g/mol. The lowest BCUT2D eigenvalue weighted by atomic mass is 9.90. The van der Waals surface area contributed by atoms with Crippen LogP contribution in [-0.2, 0) is 9.53 Å². The van der Waals surface area contributed by atoms with E-state index in [1.807, 2.05) is 18.7 Å². The van der Waals surface area contributed by atoms with Crippen molar-refractivity contribution >= 4 is 5.91 Å². The van der Waals surface area contributed by atoms with E-state index in [1.54, 1.807) is 0 Å². The van der Waals surface area contributed by atoms with Crippen LogP contribution >= 0.6 is 0 Å². The van der Waals surface area contributed by atoms with Crippen LogP contribution < -0.4 is 5.32 Å². The number of nitrogens with one attached hydrogen (secondary N) is 1. The van der Waals surface area contributed by atoms with Crippen molar-refractivity contribution in [2.45, 2.75) is 69.9 Å². The Kier molecular flexibility index (Phi) is 4.15. The van der Waals surface area contributed by atoms with Crippen molar-refractivity contribution < 1.29 is 14.6 Å². The molecule has 4 fully saturated rings. The van der Waals surface area contributed by atoms with Crippen molar-refractivity contribution in [2.75, 3.05) is 32.8 Å². The summed E-state index contributed by atoms with van der Waals surface area (Å²) in [5.41, 5.74) is -0.200. The normalized spacial score (nSPS) is 41.7. The van der Waals surface area contributed by atoms with Gasteiger partial charge in [-0.1, -0.05) is 0 Å². The topological polar surface area (TPSA) is 65.0 Å². The summed E-state index contributed by atoms with van der Waals surface area (Å²) in [6, 6.07) is 0.0748. The first-order chi connectivity index (χ1) is 11.4. The van der Waals surface area contributed by atoms with Crippen LogP contribution in [0, 0.1) is 5.41 Å². The van der Waals surface area contributed by atoms with E-state index >= 15 is 0 Å². The Balaban J connectivity index is 1.28. The second-order valence-corrected chi connectivity index (χ2v) is 8.52. The summed E-state index contributed by atoms with van der Waals surface area (Å²) >= 11 is 0. The van der Waals surface area contributed by atoms with Gasteiger partial charge in [-0.2, -0.15) is 0 Å². The van der Waals surface area contributed by atoms with Crippen molar-refractivity contribution in [3.05, 3.63) is 0 Å². The van der Waals surface area contributed by atoms with Gasteiger partial charge < -0.3 is 25.0 Å². The Morgan fingerprint density at radius 2 is 2.17 bits per heavy atom. The third-order valence-corrected chi connectivity index (χ3v) is 6.77. The highest BCUT2D eigenvalue weighted by Crippen LogP contribution is 2.53. The third-order valence-electron chi connectivity index (χ3n) is 6.77. The number of amides is 1. The van der Waals surface area contributed by atoms with Crippen LogP contribution in [0.3, 0.4) is 0 Å². The van der Waals surface area contributed by atoms with Gasteiger partial charge in [0, 0.05) is 13.1 Å². The molecule has 0 aromatic heterocycles. The predicted octanol–water partition coefficient (Wildman–Crippen LogP) is 0.549. The van der Waals surface area contributed by atoms with E-state index in [0.717, 1.165) is 38.9 Å². The zero-order valence-corrected chi connectivity index (χ0v) is 15.0. The molecule has 3 saturated heterocycles. The number of piperazine rings is 1. The number of hydrogen-bond acceptors (Lipinski definition) is 5. The summed E-state index contributed by atoms with van der Waals surface area (Å²) in [5.74, 6) is 0.162. The Hall–Kier alpha value is -0.690. The molecule has 1 spiro atoms. The van der Waals surface area contributed by atoms with Crippen LogP contribution in [0.1, 0.15) is 46.0 Å². The molecule has 3 heterocycles. The second kappa shape index (κ2) is 5.94. The maximum Gasteiger partial charge on any atom is 0.242 e. The quantitative estimate of drug-likeness (QED) is 0.784. The number of carbonyl (C=O) groups excluding carboxylic acids is 1. The number of aliphatic hydroxyl groups is 1. The number of rotatable bonds is 4. The van der Waals surface area contributed by atoms with Gasteiger partial charge in [-0.05, 0) is 64.5 Å². The Labute approximate surface area is 144 Å². The van der Waals surface area contributed by atoms with Gasteiger partial charge in [0.1, 0.15) is 0 Å². The fraction of sp³-hybridized carbons (Fsp3) is 0.944. The summed E-state index contributed by atoms with van der Waals surface area (Å²) in [7, 11) is 0. The molecule has 24 heavy (non-hydrogen) atoms. The highest BCUT2D eigenvalue weighted by atomic mass is 16.5. The maximum atomic E-state index is 12.5. The Bertz CT molecular complexity index is 510. The number of β-amino-alcohol motifs (C(OH)–C–C–N with tert-alkyl or cyclic N) is 1. The molecule has 0 aromatic rings. The van der Waals surface area contributed by atoms with Crippen molar-refractivity contribution in [2.24, 2.45) is 5.41 Å². The fourth-order valence-corrected chi connectivity index (χ4v) is 4.78. The van der Waals surface area contributed by atoms with Crippen LogP contribution in [0.25, 0.3) is 0 Å². The minimum absolute atomic E-state index is 0.116. The van der Waals surface area contributed by atoms with E-state index in [4.69, 9.17) is 4.74 Å². The van der Waals surface area contributed by atoms with Crippen molar-refractivity contribution in [3.63, 3.8) is 0 Å². The van der Waals surface area contributed by atoms with Crippen molar-refractivity contribution in [1.29, 1.82) is 0 Å². The molecule has 1 amide bonds. The lowest BCUT2D eigenvalue weighted by molar-refractivity contribution is -0.157. The molecule has 2 N–H and O–H groups in total. The summed E-state index contributed by atoms with van der Waals surface area (Å²) in [6.45, 7) is 8.23. The smallest absolute Gasteiger partial charge is 0.242 e. The number of fused-ring (bicyclic) bond motifs is 1. The molecule has 0 aromatic carbocycles. The second-order valence-electron chi connectivity index (χ2n) is 8.52. The number of carbonyl (C=O) groups is 1. The van der Waals surface area contributed by atoms with E-state index in [-0.39, 0.29) is 29.5 Å². The minimum Gasteiger partial charge on any atom is -0.391 e. The molecule has 1 aliphatic carbocycles. The van der Waals surface area contributed by atoms with Crippen LogP contribution in [0.2, 0.25) is 0 Å². The molecule has 4 atom stereocenters. The maximum absolute atomic E-state index is 12.5. The van der Waals surface area contributed by atoms with E-state index < -0.39 is 5.72 Å². The van der Waals surface area contributed by atoms with Gasteiger partial charge in [0.25, 0.3) is 0 Å². The number of piperidine rings is 1. The van der Waals surface area contributed by atoms with Gasteiger partial charge in [-0.15, -0.1) is 0 Å². The average molecular weight is 337 g/mol. The Morgan fingerprint density at radius 1 is 1.38 bits per heavy atom. The predicted molar refractivity (Wildman–Crippen MR) is 90.4 cm³/mol. The molecule has 6 nitrogen and oxygen atoms in total. The van der Waals surface area contributed by atoms with Gasteiger partial charge in [-0.25, -0.2) is 0 Å². The van der Waals surface area contributed by atoms with Crippen LogP contribution in [0.4, 0.5) is 0 Å². The zero-order valence-electron chi connectivity index (χ0n) is 15.0. The van der Waals surface area contributed by atoms with E-state index in [0.29, 0.717) is 13.2 Å². The molecule has 3 aliphatic heterocycles. The molecule has 4 aliphatic rings. The molecule has 4 rings (SSSR count). The van der Waals surface area contributed by atoms with E-state index in [2.05, 4.69) is 10.2 Å². The highest BCUT2D eigenvalue weighted by Gasteiger charge is 2.52. The zero-order chi connectivity index (χ0) is 16.9. The van der Waals surface area contributed by atoms with Gasteiger partial charge >= 0.3 is 0 Å². The molecule has 2 unspecified atom stereocenters. The lowest BCUT2D eigenvalue weighted by Crippen LogP contribution is -2.65. The van der Waals surface area contributed by atoms with Crippen LogP contribution in [0.15, 0.2) is 0 Å². The largest absolute Gasteiger partial charge is 0.391 e. The summed E-state index contributed by atoms with van der Waals surface area (Å²) in [6.07, 6.45) is 5.46. The van der Waals surface area contributed by atoms with Crippen LogP contribution in [0.5, 0.6) is 0 Å². The first-order valence-electron chi connectivity index (χ1n) is 9.55. The number of aliphatic hydroxyl groups excluding tert-OH is 1. The summed E-state index contributed by atoms with van der Waals surface area (Å²) in [5, 5.41) is 13.5. The average Bonchev–Trinajstić information content (AvgIpc) is 3.26. The van der Waals surface area contributed by atoms with Gasteiger partial charge in [-0.3, -0.25) is 4.79 Å². The highest BCUT2D eigenvalue weighted by molar-refractivity contribution is 5.83. The molecule has 1 saturated carbocycles. The van der Waals surface area contributed by atoms with Crippen LogP contribution in [-0.4, -0.2) is 77.5 Å². The molecule has 0 bridgehead atoms. The Morgan fingerprint density at radius 3 is 2.88 bits per heavy atom. The van der Waals surface area contributed by atoms with E-state index in [9.17, 15) is 9.90 Å². The SMILES string of the molecule is C[C@@H]1NCC2(C)OC[C@H](CCCN3CCC4(CC4)C(O)C3)N2C1=O. The van der Waals surface area contributed by atoms with Gasteiger partial charge in [0.15, 0.2) is 5.72 Å². The van der Waals surface area contributed by atoms with E-state index in [1.165, 1.54) is 12.8 Å². The first-order valence-corrected chi connectivity index (χ1v) is 9.55. The number of hydrogen-bond donors (Lipinski definition) is 2. The lowest BCUT2D eigenvalue weighted by Gasteiger charge is -2.43. The van der Waals surface area contributed by atoms with Gasteiger partial charge in [0.05, 0.1) is 24.8 Å². The molecule has 0 radical (unpaired) electrons. The minimum atomic E-state index is -0.478. The summed E-state index contributed by atoms with van der Waals surface area (Å²) in [4.78, 5) is 16.9. The molecule has 6 heteroatoms. The van der Waals surface area contributed by atoms with Crippen molar-refractivity contribution in [3.8, 4) is 0 Å². The number of nitrogens with zero attached hydrogens (tertiary/aromatic N) is 2. The molecular weight excluding hydrogens is 306 g/mol. The first kappa shape index (κ1) is 16.8.